The highest BCUT2D eigenvalue weighted by atomic mass is 127. The van der Waals surface area contributed by atoms with E-state index < -0.39 is 0 Å². The molecule has 2 nitrogen and oxygen atoms in total. The molecular weight excluding hydrogens is 351 g/mol. The lowest BCUT2D eigenvalue weighted by Crippen LogP contribution is -2.03. The lowest BCUT2D eigenvalue weighted by molar-refractivity contribution is 0.532. The zero-order valence-electron chi connectivity index (χ0n) is 10.3. The normalized spacial score (nSPS) is 10.8. The first-order valence-electron chi connectivity index (χ1n) is 5.95. The van der Waals surface area contributed by atoms with Crippen molar-refractivity contribution in [1.29, 1.82) is 0 Å². The van der Waals surface area contributed by atoms with Crippen LogP contribution in [-0.4, -0.2) is 0 Å². The van der Waals surface area contributed by atoms with Gasteiger partial charge in [-0.05, 0) is 41.6 Å². The van der Waals surface area contributed by atoms with Gasteiger partial charge in [-0.2, -0.15) is 0 Å². The molecule has 0 atom stereocenters. The van der Waals surface area contributed by atoms with Gasteiger partial charge in [-0.3, -0.25) is 0 Å². The average molecular weight is 362 g/mol. The maximum Gasteiger partial charge on any atom is 0.344 e. The Morgan fingerprint density at radius 1 is 1.00 bits per heavy atom. The van der Waals surface area contributed by atoms with Gasteiger partial charge in [0.2, 0.25) is 0 Å². The minimum Gasteiger partial charge on any atom is -0.421 e. The highest BCUT2D eigenvalue weighted by Gasteiger charge is 2.13. The van der Waals surface area contributed by atoms with Gasteiger partial charge in [-0.1, -0.05) is 42.0 Å². The predicted octanol–water partition coefficient (Wildman–Crippen LogP) is 4.37. The molecule has 0 aliphatic heterocycles. The minimum atomic E-state index is -0.283. The maximum absolute atomic E-state index is 12.1. The van der Waals surface area contributed by atoms with Gasteiger partial charge in [-0.15, -0.1) is 0 Å². The number of fused-ring (bicyclic) bond motifs is 1. The van der Waals surface area contributed by atoms with Crippen molar-refractivity contribution in [2.75, 3.05) is 0 Å². The van der Waals surface area contributed by atoms with E-state index in [1.165, 1.54) is 0 Å². The van der Waals surface area contributed by atoms with Crippen molar-refractivity contribution >= 4 is 33.4 Å². The molecule has 0 radical (unpaired) electrons. The molecule has 1 heterocycles. The molecule has 19 heavy (non-hydrogen) atoms. The number of benzene rings is 2. The van der Waals surface area contributed by atoms with Gasteiger partial charge in [0.25, 0.3) is 0 Å². The Morgan fingerprint density at radius 2 is 1.74 bits per heavy atom. The molecule has 0 spiro atoms. The largest absolute Gasteiger partial charge is 0.421 e. The molecule has 1 aromatic heterocycles. The molecule has 0 unspecified atom stereocenters. The van der Waals surface area contributed by atoms with Crippen LogP contribution in [0.4, 0.5) is 0 Å². The molecule has 3 rings (SSSR count). The summed E-state index contributed by atoms with van der Waals surface area (Å²) in [5.41, 5.74) is 1.77. The summed E-state index contributed by atoms with van der Waals surface area (Å²) in [6.45, 7) is 2.02. The van der Waals surface area contributed by atoms with E-state index in [-0.39, 0.29) is 5.63 Å². The third-order valence-corrected chi connectivity index (χ3v) is 4.13. The van der Waals surface area contributed by atoms with Gasteiger partial charge < -0.3 is 4.42 Å². The van der Waals surface area contributed by atoms with Crippen molar-refractivity contribution in [3.05, 3.63) is 68.1 Å². The van der Waals surface area contributed by atoms with Gasteiger partial charge in [-0.25, -0.2) is 4.79 Å². The molecule has 0 saturated heterocycles. The lowest BCUT2D eigenvalue weighted by atomic mass is 10.1. The lowest BCUT2D eigenvalue weighted by Gasteiger charge is -2.07. The second-order valence-corrected chi connectivity index (χ2v) is 5.53. The molecule has 94 valence electrons. The van der Waals surface area contributed by atoms with Gasteiger partial charge in [0.15, 0.2) is 5.76 Å². The summed E-state index contributed by atoms with van der Waals surface area (Å²) in [7, 11) is 0. The van der Waals surface area contributed by atoms with Gasteiger partial charge >= 0.3 is 5.63 Å². The van der Waals surface area contributed by atoms with Crippen LogP contribution >= 0.6 is 22.6 Å². The van der Waals surface area contributed by atoms with Crippen molar-refractivity contribution in [3.8, 4) is 11.3 Å². The van der Waals surface area contributed by atoms with Crippen LogP contribution in [0.15, 0.2) is 57.7 Å². The first-order valence-corrected chi connectivity index (χ1v) is 7.03. The van der Waals surface area contributed by atoms with Gasteiger partial charge in [0, 0.05) is 10.9 Å². The third kappa shape index (κ3) is 2.18. The molecule has 0 aliphatic carbocycles. The van der Waals surface area contributed by atoms with E-state index in [0.29, 0.717) is 11.1 Å². The first-order chi connectivity index (χ1) is 9.16. The summed E-state index contributed by atoms with van der Waals surface area (Å²) in [6.07, 6.45) is 0. The van der Waals surface area contributed by atoms with Crippen molar-refractivity contribution in [1.82, 2.24) is 0 Å². The number of aryl methyl sites for hydroxylation is 1. The number of halogens is 1. The molecule has 0 fully saturated rings. The fourth-order valence-corrected chi connectivity index (χ4v) is 2.98. The standard InChI is InChI=1S/C16H11IO2/c1-10-7-8-12-13(9-10)14(17)15(19-16(12)18)11-5-3-2-4-6-11/h2-9H,1H3. The second kappa shape index (κ2) is 4.81. The topological polar surface area (TPSA) is 30.2 Å². The van der Waals surface area contributed by atoms with Crippen molar-refractivity contribution in [2.24, 2.45) is 0 Å². The Kier molecular flexibility index (Phi) is 3.14. The Hall–Kier alpha value is -1.62. The summed E-state index contributed by atoms with van der Waals surface area (Å²) in [5.74, 6) is 0.643. The van der Waals surface area contributed by atoms with E-state index in [9.17, 15) is 4.79 Å². The molecule has 0 bridgehead atoms. The highest BCUT2D eigenvalue weighted by Crippen LogP contribution is 2.29. The summed E-state index contributed by atoms with van der Waals surface area (Å²) < 4.78 is 6.46. The predicted molar refractivity (Wildman–Crippen MR) is 85.4 cm³/mol. The highest BCUT2D eigenvalue weighted by molar-refractivity contribution is 14.1. The van der Waals surface area contributed by atoms with E-state index in [0.717, 1.165) is 20.1 Å². The van der Waals surface area contributed by atoms with Crippen LogP contribution in [-0.2, 0) is 0 Å². The van der Waals surface area contributed by atoms with Crippen molar-refractivity contribution < 1.29 is 4.42 Å². The third-order valence-electron chi connectivity index (χ3n) is 3.06. The van der Waals surface area contributed by atoms with Crippen LogP contribution < -0.4 is 5.63 Å². The molecule has 0 N–H and O–H groups in total. The quantitative estimate of drug-likeness (QED) is 0.602. The van der Waals surface area contributed by atoms with Gasteiger partial charge in [0.1, 0.15) is 0 Å². The number of hydrogen-bond acceptors (Lipinski definition) is 2. The molecule has 0 aliphatic rings. The van der Waals surface area contributed by atoms with E-state index in [1.54, 1.807) is 0 Å². The number of rotatable bonds is 1. The SMILES string of the molecule is Cc1ccc2c(=O)oc(-c3ccccc3)c(I)c2c1. The molecule has 2 aromatic carbocycles. The molecule has 3 aromatic rings. The van der Waals surface area contributed by atoms with Crippen LogP contribution in [0.1, 0.15) is 5.56 Å². The number of hydrogen-bond donors (Lipinski definition) is 0. The molecular formula is C16H11IO2. The van der Waals surface area contributed by atoms with Gasteiger partial charge in [0.05, 0.1) is 8.96 Å². The first kappa shape index (κ1) is 12.4. The van der Waals surface area contributed by atoms with E-state index in [4.69, 9.17) is 4.42 Å². The second-order valence-electron chi connectivity index (χ2n) is 4.45. The van der Waals surface area contributed by atoms with E-state index in [2.05, 4.69) is 22.6 Å². The van der Waals surface area contributed by atoms with Crippen LogP contribution in [0.25, 0.3) is 22.1 Å². The fraction of sp³-hybridized carbons (Fsp3) is 0.0625. The summed E-state index contributed by atoms with van der Waals surface area (Å²) in [4.78, 5) is 12.1. The van der Waals surface area contributed by atoms with Crippen LogP contribution in [0.2, 0.25) is 0 Å². The van der Waals surface area contributed by atoms with Crippen molar-refractivity contribution in [2.45, 2.75) is 6.92 Å². The monoisotopic (exact) mass is 362 g/mol. The van der Waals surface area contributed by atoms with Crippen LogP contribution in [0.3, 0.4) is 0 Å². The van der Waals surface area contributed by atoms with Crippen LogP contribution in [0, 0.1) is 10.5 Å². The maximum atomic E-state index is 12.1. The van der Waals surface area contributed by atoms with Crippen LogP contribution in [0.5, 0.6) is 0 Å². The fourth-order valence-electron chi connectivity index (χ4n) is 2.11. The Balaban J connectivity index is 2.40. The Bertz CT molecular complexity index is 804. The summed E-state index contributed by atoms with van der Waals surface area (Å²) >= 11 is 2.24. The summed E-state index contributed by atoms with van der Waals surface area (Å²) in [6, 6.07) is 15.5. The van der Waals surface area contributed by atoms with Crippen molar-refractivity contribution in [3.63, 3.8) is 0 Å². The Labute approximate surface area is 124 Å². The minimum absolute atomic E-state index is 0.283. The molecule has 3 heteroatoms. The van der Waals surface area contributed by atoms with E-state index >= 15 is 0 Å². The zero-order chi connectivity index (χ0) is 13.4. The molecule has 0 amide bonds. The van der Waals surface area contributed by atoms with E-state index in [1.807, 2.05) is 55.5 Å². The smallest absolute Gasteiger partial charge is 0.344 e. The summed E-state index contributed by atoms with van der Waals surface area (Å²) in [5, 5.41) is 1.59. The zero-order valence-corrected chi connectivity index (χ0v) is 12.5. The average Bonchev–Trinajstić information content (AvgIpc) is 2.43. The molecule has 0 saturated carbocycles. The Morgan fingerprint density at radius 3 is 2.47 bits per heavy atom.